The van der Waals surface area contributed by atoms with Crippen LogP contribution in [0.4, 0.5) is 0 Å². The predicted molar refractivity (Wildman–Crippen MR) is 122 cm³/mol. The number of hydrogen-bond acceptors (Lipinski definition) is 8. The van der Waals surface area contributed by atoms with E-state index < -0.39 is 16.0 Å². The Morgan fingerprint density at radius 3 is 2.21 bits per heavy atom. The lowest BCUT2D eigenvalue weighted by Crippen LogP contribution is -2.28. The predicted octanol–water partition coefficient (Wildman–Crippen LogP) is 3.08. The average Bonchev–Trinajstić information content (AvgIpc) is 2.83. The number of ether oxygens (including phenoxy) is 3. The fourth-order valence-corrected chi connectivity index (χ4v) is 3.85. The highest BCUT2D eigenvalue weighted by Crippen LogP contribution is 2.21. The van der Waals surface area contributed by atoms with E-state index in [1.807, 2.05) is 31.2 Å². The molecule has 9 nitrogen and oxygen atoms in total. The fourth-order valence-electron chi connectivity index (χ4n) is 2.84. The van der Waals surface area contributed by atoms with Gasteiger partial charge in [0, 0.05) is 18.2 Å². The molecule has 0 radical (unpaired) electrons. The molecule has 0 spiro atoms. The van der Waals surface area contributed by atoms with E-state index in [0.717, 1.165) is 11.3 Å². The molecular formula is C23H25N3O6S. The van der Waals surface area contributed by atoms with Crippen LogP contribution >= 0.6 is 0 Å². The molecule has 0 saturated heterocycles. The Morgan fingerprint density at radius 2 is 1.61 bits per heavy atom. The van der Waals surface area contributed by atoms with Gasteiger partial charge in [-0.15, -0.1) is 10.2 Å². The zero-order chi connectivity index (χ0) is 23.7. The van der Waals surface area contributed by atoms with Crippen molar-refractivity contribution in [3.8, 4) is 22.9 Å². The van der Waals surface area contributed by atoms with Crippen molar-refractivity contribution in [3.05, 3.63) is 66.2 Å². The molecule has 0 atom stereocenters. The number of nitrogens with one attached hydrogen (secondary N) is 1. The minimum Gasteiger partial charge on any atom is -0.494 e. The van der Waals surface area contributed by atoms with Crippen molar-refractivity contribution in [2.75, 3.05) is 26.4 Å². The van der Waals surface area contributed by atoms with E-state index in [1.54, 1.807) is 19.1 Å². The molecular weight excluding hydrogens is 446 g/mol. The van der Waals surface area contributed by atoms with Crippen molar-refractivity contribution in [1.29, 1.82) is 0 Å². The maximum Gasteiger partial charge on any atom is 0.338 e. The van der Waals surface area contributed by atoms with E-state index in [2.05, 4.69) is 14.9 Å². The SMILES string of the molecule is CCOC(=O)c1ccc(S(=O)(=O)NCCOc2ccc(-c3ccc(OCC)cc3)nn2)cc1. The van der Waals surface area contributed by atoms with E-state index >= 15 is 0 Å². The molecule has 0 aliphatic carbocycles. The van der Waals surface area contributed by atoms with Gasteiger partial charge in [-0.2, -0.15) is 0 Å². The summed E-state index contributed by atoms with van der Waals surface area (Å²) in [6.07, 6.45) is 0. The van der Waals surface area contributed by atoms with E-state index in [0.29, 0.717) is 12.3 Å². The quantitative estimate of drug-likeness (QED) is 0.335. The van der Waals surface area contributed by atoms with E-state index in [4.69, 9.17) is 14.2 Å². The molecule has 3 aromatic rings. The van der Waals surface area contributed by atoms with Crippen molar-refractivity contribution in [2.24, 2.45) is 0 Å². The average molecular weight is 472 g/mol. The Balaban J connectivity index is 1.49. The first-order chi connectivity index (χ1) is 15.9. The fraction of sp³-hybridized carbons (Fsp3) is 0.261. The van der Waals surface area contributed by atoms with Crippen LogP contribution in [0.1, 0.15) is 24.2 Å². The summed E-state index contributed by atoms with van der Waals surface area (Å²) in [7, 11) is -3.75. The Morgan fingerprint density at radius 1 is 0.879 bits per heavy atom. The number of esters is 1. The zero-order valence-electron chi connectivity index (χ0n) is 18.4. The standard InChI is InChI=1S/C23H25N3O6S/c1-3-30-19-9-5-17(6-10-19)21-13-14-22(26-25-21)32-16-15-24-33(28,29)20-11-7-18(8-12-20)23(27)31-4-2/h5-14,24H,3-4,15-16H2,1-2H3. The van der Waals surface area contributed by atoms with Crippen LogP contribution < -0.4 is 14.2 Å². The largest absolute Gasteiger partial charge is 0.494 e. The topological polar surface area (TPSA) is 117 Å². The second kappa shape index (κ2) is 11.4. The normalized spacial score (nSPS) is 11.1. The Bertz CT molecular complexity index is 1150. The molecule has 2 aromatic carbocycles. The second-order valence-corrected chi connectivity index (χ2v) is 8.47. The van der Waals surface area contributed by atoms with Crippen LogP contribution in [-0.2, 0) is 14.8 Å². The molecule has 1 N–H and O–H groups in total. The molecule has 0 saturated carbocycles. The molecule has 0 amide bonds. The Labute approximate surface area is 192 Å². The van der Waals surface area contributed by atoms with Gasteiger partial charge in [-0.1, -0.05) is 0 Å². The van der Waals surface area contributed by atoms with Crippen molar-refractivity contribution in [3.63, 3.8) is 0 Å². The minimum absolute atomic E-state index is 0.0320. The molecule has 0 aliphatic heterocycles. The summed E-state index contributed by atoms with van der Waals surface area (Å²) < 4.78 is 43.0. The summed E-state index contributed by atoms with van der Waals surface area (Å²) in [5.41, 5.74) is 1.85. The lowest BCUT2D eigenvalue weighted by molar-refractivity contribution is 0.0526. The van der Waals surface area contributed by atoms with Crippen LogP contribution in [0.5, 0.6) is 11.6 Å². The number of rotatable bonds is 11. The lowest BCUT2D eigenvalue weighted by atomic mass is 10.1. The van der Waals surface area contributed by atoms with Crippen LogP contribution in [0.2, 0.25) is 0 Å². The maximum atomic E-state index is 12.4. The number of carbonyl (C=O) groups is 1. The highest BCUT2D eigenvalue weighted by Gasteiger charge is 2.15. The van der Waals surface area contributed by atoms with Crippen molar-refractivity contribution in [2.45, 2.75) is 18.7 Å². The van der Waals surface area contributed by atoms with Gasteiger partial charge in [-0.3, -0.25) is 0 Å². The molecule has 10 heteroatoms. The molecule has 3 rings (SSSR count). The first kappa shape index (κ1) is 24.1. The van der Waals surface area contributed by atoms with Crippen molar-refractivity contribution < 1.29 is 27.4 Å². The van der Waals surface area contributed by atoms with Crippen LogP contribution in [0, 0.1) is 0 Å². The number of hydrogen-bond donors (Lipinski definition) is 1. The summed E-state index contributed by atoms with van der Waals surface area (Å²) in [6.45, 7) is 4.57. The number of benzene rings is 2. The van der Waals surface area contributed by atoms with Crippen LogP contribution in [0.3, 0.4) is 0 Å². The highest BCUT2D eigenvalue weighted by atomic mass is 32.2. The number of aromatic nitrogens is 2. The first-order valence-corrected chi connectivity index (χ1v) is 11.9. The molecule has 1 aromatic heterocycles. The molecule has 0 aliphatic rings. The van der Waals surface area contributed by atoms with E-state index in [1.165, 1.54) is 24.3 Å². The van der Waals surface area contributed by atoms with Gasteiger partial charge in [-0.05, 0) is 68.4 Å². The smallest absolute Gasteiger partial charge is 0.338 e. The number of sulfonamides is 1. The highest BCUT2D eigenvalue weighted by molar-refractivity contribution is 7.89. The van der Waals surface area contributed by atoms with Gasteiger partial charge in [0.25, 0.3) is 0 Å². The van der Waals surface area contributed by atoms with Gasteiger partial charge in [0.05, 0.1) is 29.4 Å². The Kier molecular flexibility index (Phi) is 8.34. The lowest BCUT2D eigenvalue weighted by Gasteiger charge is -2.09. The van der Waals surface area contributed by atoms with Crippen molar-refractivity contribution >= 4 is 16.0 Å². The maximum absolute atomic E-state index is 12.4. The summed E-state index contributed by atoms with van der Waals surface area (Å²) in [4.78, 5) is 11.7. The number of carbonyl (C=O) groups excluding carboxylic acids is 1. The van der Waals surface area contributed by atoms with E-state index in [9.17, 15) is 13.2 Å². The summed E-state index contributed by atoms with van der Waals surface area (Å²) in [5, 5.41) is 8.17. The molecule has 0 fully saturated rings. The van der Waals surface area contributed by atoms with Gasteiger partial charge in [-0.25, -0.2) is 17.9 Å². The molecule has 33 heavy (non-hydrogen) atoms. The first-order valence-electron chi connectivity index (χ1n) is 10.4. The molecule has 0 unspecified atom stereocenters. The Hall–Kier alpha value is -3.50. The van der Waals surface area contributed by atoms with Crippen LogP contribution in [0.25, 0.3) is 11.3 Å². The third kappa shape index (κ3) is 6.74. The second-order valence-electron chi connectivity index (χ2n) is 6.71. The molecule has 1 heterocycles. The molecule has 174 valence electrons. The number of nitrogens with zero attached hydrogens (tertiary/aromatic N) is 2. The summed E-state index contributed by atoms with van der Waals surface area (Å²) in [6, 6.07) is 16.5. The van der Waals surface area contributed by atoms with E-state index in [-0.39, 0.29) is 36.1 Å². The third-order valence-electron chi connectivity index (χ3n) is 4.42. The minimum atomic E-state index is -3.75. The zero-order valence-corrected chi connectivity index (χ0v) is 19.2. The van der Waals surface area contributed by atoms with Crippen molar-refractivity contribution in [1.82, 2.24) is 14.9 Å². The van der Waals surface area contributed by atoms with Crippen LogP contribution in [-0.4, -0.2) is 50.9 Å². The summed E-state index contributed by atoms with van der Waals surface area (Å²) >= 11 is 0. The molecule has 0 bridgehead atoms. The van der Waals surface area contributed by atoms with Gasteiger partial charge >= 0.3 is 5.97 Å². The van der Waals surface area contributed by atoms with Gasteiger partial charge in [0.2, 0.25) is 15.9 Å². The van der Waals surface area contributed by atoms with Gasteiger partial charge in [0.15, 0.2) is 0 Å². The monoisotopic (exact) mass is 471 g/mol. The van der Waals surface area contributed by atoms with Crippen LogP contribution in [0.15, 0.2) is 65.6 Å². The van der Waals surface area contributed by atoms with Gasteiger partial charge in [0.1, 0.15) is 12.4 Å². The van der Waals surface area contributed by atoms with Gasteiger partial charge < -0.3 is 14.2 Å². The third-order valence-corrected chi connectivity index (χ3v) is 5.90. The summed E-state index contributed by atoms with van der Waals surface area (Å²) in [5.74, 6) is 0.562.